The molecule has 0 aliphatic carbocycles. The third-order valence-electron chi connectivity index (χ3n) is 1.59. The topological polar surface area (TPSA) is 113 Å². The van der Waals surface area contributed by atoms with Gasteiger partial charge in [-0.25, -0.2) is 4.79 Å². The van der Waals surface area contributed by atoms with Crippen LogP contribution in [0.25, 0.3) is 0 Å². The predicted octanol–water partition coefficient (Wildman–Crippen LogP) is -1.53. The average Bonchev–Trinajstić information content (AvgIpc) is 2.00. The van der Waals surface area contributed by atoms with E-state index in [0.717, 1.165) is 0 Å². The van der Waals surface area contributed by atoms with Crippen LogP contribution in [-0.2, 0) is 14.9 Å². The number of hydrogen-bond acceptors (Lipinski definition) is 4. The fraction of sp³-hybridized carbons (Fsp3) is 0.600. The van der Waals surface area contributed by atoms with Gasteiger partial charge in [0, 0.05) is 0 Å². The maximum atomic E-state index is 11.0. The Bertz CT molecular complexity index is 361. The highest BCUT2D eigenvalue weighted by Crippen LogP contribution is 2.11. The summed E-state index contributed by atoms with van der Waals surface area (Å²) >= 11 is 0. The van der Waals surface area contributed by atoms with Crippen molar-refractivity contribution in [2.75, 3.05) is 5.75 Å². The number of hydrogen-bond donors (Lipinski definition) is 3. The van der Waals surface area contributed by atoms with Crippen molar-refractivity contribution < 1.29 is 22.6 Å². The molecule has 1 aliphatic heterocycles. The highest BCUT2D eigenvalue weighted by atomic mass is 32.2. The molecule has 1 atom stereocenters. The zero-order chi connectivity index (χ0) is 10.3. The van der Waals surface area contributed by atoms with Crippen LogP contribution in [0.5, 0.6) is 0 Å². The molecule has 1 rings (SSSR count). The van der Waals surface area contributed by atoms with Crippen LogP contribution in [-0.4, -0.2) is 36.2 Å². The summed E-state index contributed by atoms with van der Waals surface area (Å²) in [6, 6.07) is -0.767. The Hall–Kier alpha value is -1.15. The molecule has 1 saturated heterocycles. The van der Waals surface area contributed by atoms with Crippen LogP contribution >= 0.6 is 0 Å². The molecule has 0 spiro atoms. The van der Waals surface area contributed by atoms with E-state index in [1.54, 1.807) is 0 Å². The van der Waals surface area contributed by atoms with E-state index in [1.807, 2.05) is 5.32 Å². The molecule has 1 aliphatic rings. The quantitative estimate of drug-likeness (QED) is 0.376. The summed E-state index contributed by atoms with van der Waals surface area (Å²) in [4.78, 5) is 21.6. The lowest BCUT2D eigenvalue weighted by molar-refractivity contribution is -0.122. The van der Waals surface area contributed by atoms with Crippen LogP contribution in [0.15, 0.2) is 0 Å². The van der Waals surface area contributed by atoms with Crippen molar-refractivity contribution in [3.8, 4) is 0 Å². The van der Waals surface area contributed by atoms with E-state index in [-0.39, 0.29) is 0 Å². The molecule has 0 saturated carbocycles. The zero-order valence-electron chi connectivity index (χ0n) is 6.70. The second kappa shape index (κ2) is 2.67. The lowest BCUT2D eigenvalue weighted by Gasteiger charge is -2.17. The van der Waals surface area contributed by atoms with E-state index < -0.39 is 33.3 Å². The van der Waals surface area contributed by atoms with Crippen LogP contribution in [0.2, 0.25) is 0 Å². The standard InChI is InChI=1S/C5H8N2O5S/c1-5(2-13(10,11)12)3(8)6-4(9)7-5/h2H2,1H3,(H,10,11,12)(H2,6,7,8,9). The van der Waals surface area contributed by atoms with Gasteiger partial charge in [-0.05, 0) is 6.92 Å². The van der Waals surface area contributed by atoms with E-state index in [9.17, 15) is 18.0 Å². The molecule has 0 aromatic carbocycles. The fourth-order valence-electron chi connectivity index (χ4n) is 1.05. The molecule has 8 heteroatoms. The van der Waals surface area contributed by atoms with Gasteiger partial charge >= 0.3 is 6.03 Å². The van der Waals surface area contributed by atoms with Crippen molar-refractivity contribution in [3.63, 3.8) is 0 Å². The monoisotopic (exact) mass is 208 g/mol. The van der Waals surface area contributed by atoms with Crippen LogP contribution in [0.1, 0.15) is 6.92 Å². The molecular weight excluding hydrogens is 200 g/mol. The number of carbonyl (C=O) groups excluding carboxylic acids is 2. The Labute approximate surface area is 74.2 Å². The Balaban J connectivity index is 2.90. The van der Waals surface area contributed by atoms with Gasteiger partial charge in [0.15, 0.2) is 0 Å². The lowest BCUT2D eigenvalue weighted by atomic mass is 10.1. The second-order valence-electron chi connectivity index (χ2n) is 2.97. The summed E-state index contributed by atoms with van der Waals surface area (Å²) < 4.78 is 29.4. The number of nitrogens with one attached hydrogen (secondary N) is 2. The molecule has 1 unspecified atom stereocenters. The Kier molecular flexibility index (Phi) is 2.04. The van der Waals surface area contributed by atoms with Crippen molar-refractivity contribution in [1.29, 1.82) is 0 Å². The summed E-state index contributed by atoms with van der Waals surface area (Å²) in [6.07, 6.45) is 0. The van der Waals surface area contributed by atoms with Crippen molar-refractivity contribution in [2.24, 2.45) is 0 Å². The molecule has 3 amide bonds. The normalized spacial score (nSPS) is 28.5. The first-order valence-corrected chi connectivity index (χ1v) is 4.93. The number of rotatable bonds is 2. The minimum Gasteiger partial charge on any atom is -0.322 e. The van der Waals surface area contributed by atoms with Gasteiger partial charge in [0.05, 0.1) is 0 Å². The van der Waals surface area contributed by atoms with Gasteiger partial charge in [-0.2, -0.15) is 8.42 Å². The molecule has 7 nitrogen and oxygen atoms in total. The fourth-order valence-corrected chi connectivity index (χ4v) is 1.98. The molecule has 0 aromatic heterocycles. The molecule has 0 bridgehead atoms. The third kappa shape index (κ3) is 2.16. The van der Waals surface area contributed by atoms with E-state index in [0.29, 0.717) is 0 Å². The first-order chi connectivity index (χ1) is 5.73. The van der Waals surface area contributed by atoms with Crippen LogP contribution < -0.4 is 10.6 Å². The Morgan fingerprint density at radius 3 is 2.31 bits per heavy atom. The van der Waals surface area contributed by atoms with Gasteiger partial charge in [0.2, 0.25) is 0 Å². The van der Waals surface area contributed by atoms with Gasteiger partial charge in [-0.1, -0.05) is 0 Å². The number of carbonyl (C=O) groups is 2. The van der Waals surface area contributed by atoms with E-state index >= 15 is 0 Å². The summed E-state index contributed by atoms with van der Waals surface area (Å²) in [5.74, 6) is -1.60. The second-order valence-corrected chi connectivity index (χ2v) is 4.42. The molecule has 1 fully saturated rings. The molecule has 1 heterocycles. The SMILES string of the molecule is CC1(CS(=O)(=O)O)NC(=O)NC1=O. The predicted molar refractivity (Wildman–Crippen MR) is 41.5 cm³/mol. The Morgan fingerprint density at radius 2 is 2.00 bits per heavy atom. The van der Waals surface area contributed by atoms with Gasteiger partial charge in [0.25, 0.3) is 16.0 Å². The first-order valence-electron chi connectivity index (χ1n) is 3.32. The highest BCUT2D eigenvalue weighted by molar-refractivity contribution is 7.85. The minimum absolute atomic E-state index is 0.767. The third-order valence-corrected chi connectivity index (χ3v) is 2.53. The van der Waals surface area contributed by atoms with Crippen molar-refractivity contribution in [2.45, 2.75) is 12.5 Å². The summed E-state index contributed by atoms with van der Waals surface area (Å²) in [7, 11) is -4.30. The molecular formula is C5H8N2O5S. The zero-order valence-corrected chi connectivity index (χ0v) is 7.51. The molecule has 0 radical (unpaired) electrons. The highest BCUT2D eigenvalue weighted by Gasteiger charge is 2.44. The van der Waals surface area contributed by atoms with Gasteiger partial charge in [-0.15, -0.1) is 0 Å². The van der Waals surface area contributed by atoms with Gasteiger partial charge in [0.1, 0.15) is 11.3 Å². The van der Waals surface area contributed by atoms with Crippen molar-refractivity contribution >= 4 is 22.1 Å². The largest absolute Gasteiger partial charge is 0.322 e. The Morgan fingerprint density at radius 1 is 1.46 bits per heavy atom. The number of urea groups is 1. The average molecular weight is 208 g/mol. The smallest absolute Gasteiger partial charge is 0.322 e. The van der Waals surface area contributed by atoms with E-state index in [1.165, 1.54) is 6.92 Å². The summed E-state index contributed by atoms with van der Waals surface area (Å²) in [5.41, 5.74) is -1.58. The summed E-state index contributed by atoms with van der Waals surface area (Å²) in [5, 5.41) is 3.96. The van der Waals surface area contributed by atoms with Crippen LogP contribution in [0.4, 0.5) is 4.79 Å². The van der Waals surface area contributed by atoms with E-state index in [2.05, 4.69) is 5.32 Å². The van der Waals surface area contributed by atoms with Crippen LogP contribution in [0, 0.1) is 0 Å². The van der Waals surface area contributed by atoms with Crippen LogP contribution in [0.3, 0.4) is 0 Å². The molecule has 13 heavy (non-hydrogen) atoms. The maximum absolute atomic E-state index is 11.0. The van der Waals surface area contributed by atoms with Gasteiger partial charge < -0.3 is 5.32 Å². The van der Waals surface area contributed by atoms with E-state index in [4.69, 9.17) is 4.55 Å². The number of amides is 3. The molecule has 74 valence electrons. The molecule has 3 N–H and O–H groups in total. The lowest BCUT2D eigenvalue weighted by Crippen LogP contribution is -2.49. The van der Waals surface area contributed by atoms with Gasteiger partial charge in [-0.3, -0.25) is 14.7 Å². The van der Waals surface area contributed by atoms with Crippen molar-refractivity contribution in [1.82, 2.24) is 10.6 Å². The molecule has 0 aromatic rings. The number of imide groups is 1. The van der Waals surface area contributed by atoms with Crippen molar-refractivity contribution in [3.05, 3.63) is 0 Å². The summed E-state index contributed by atoms with van der Waals surface area (Å²) in [6.45, 7) is 1.21. The minimum atomic E-state index is -4.30. The maximum Gasteiger partial charge on any atom is 0.322 e. The first kappa shape index (κ1) is 9.93.